The molecule has 1 aliphatic rings. The Balaban J connectivity index is 1.47. The van der Waals surface area contributed by atoms with Gasteiger partial charge < -0.3 is 21.5 Å². The Hall–Kier alpha value is -3.46. The molecule has 7 nitrogen and oxygen atoms in total. The molecule has 0 bridgehead atoms. The second-order valence-electron chi connectivity index (χ2n) is 7.91. The van der Waals surface area contributed by atoms with Crippen LogP contribution in [-0.2, 0) is 0 Å². The van der Waals surface area contributed by atoms with Crippen LogP contribution in [0.1, 0.15) is 23.3 Å². The van der Waals surface area contributed by atoms with Crippen LogP contribution in [0.2, 0.25) is 0 Å². The normalized spacial score (nSPS) is 19.2. The number of rotatable bonds is 5. The fourth-order valence-electron chi connectivity index (χ4n) is 4.34. The number of hydrogen-bond acceptors (Lipinski definition) is 7. The molecule has 0 amide bonds. The van der Waals surface area contributed by atoms with Gasteiger partial charge in [0.25, 0.3) is 0 Å². The predicted molar refractivity (Wildman–Crippen MR) is 121 cm³/mol. The van der Waals surface area contributed by atoms with Gasteiger partial charge in [-0.25, -0.2) is 14.4 Å². The number of fused-ring (bicyclic) bond motifs is 1. The molecule has 0 radical (unpaired) electrons. The second kappa shape index (κ2) is 8.58. The summed E-state index contributed by atoms with van der Waals surface area (Å²) in [7, 11) is 0. The van der Waals surface area contributed by atoms with E-state index in [1.54, 1.807) is 24.5 Å². The van der Waals surface area contributed by atoms with Crippen LogP contribution in [0.3, 0.4) is 0 Å². The monoisotopic (exact) mass is 430 g/mol. The standard InChI is InChI=1S/C24H23FN6O/c25-20-7-6-14(9-18(20)15-3-2-8-27-10-15)19-11-28-12-21(19)31-24-17-5-1-4-16(23(26)32)22(17)29-13-30-24/h1-10,13,19,21,23,28,32H,11-12,26H2,(H,29,30,31)/t19-,21+,23?/m1/s1. The molecule has 3 atom stereocenters. The van der Waals surface area contributed by atoms with E-state index in [2.05, 4.69) is 25.6 Å². The van der Waals surface area contributed by atoms with Crippen molar-refractivity contribution in [2.75, 3.05) is 18.4 Å². The third kappa shape index (κ3) is 3.80. The molecule has 1 fully saturated rings. The van der Waals surface area contributed by atoms with Gasteiger partial charge in [0.15, 0.2) is 0 Å². The molecular weight excluding hydrogens is 407 g/mol. The van der Waals surface area contributed by atoms with E-state index in [9.17, 15) is 9.50 Å². The highest BCUT2D eigenvalue weighted by molar-refractivity contribution is 5.91. The van der Waals surface area contributed by atoms with E-state index in [0.29, 0.717) is 22.5 Å². The summed E-state index contributed by atoms with van der Waals surface area (Å²) in [6.07, 6.45) is 3.69. The Kier molecular flexibility index (Phi) is 5.48. The Labute approximate surface area is 184 Å². The van der Waals surface area contributed by atoms with Gasteiger partial charge in [0.1, 0.15) is 24.2 Å². The molecular formula is C24H23FN6O. The smallest absolute Gasteiger partial charge is 0.137 e. The van der Waals surface area contributed by atoms with Gasteiger partial charge in [-0.1, -0.05) is 24.3 Å². The average Bonchev–Trinajstić information content (AvgIpc) is 3.28. The number of nitrogens with one attached hydrogen (secondary N) is 2. The molecule has 1 saturated heterocycles. The van der Waals surface area contributed by atoms with Crippen molar-refractivity contribution in [1.29, 1.82) is 0 Å². The second-order valence-corrected chi connectivity index (χ2v) is 7.91. The molecule has 2 aromatic heterocycles. The van der Waals surface area contributed by atoms with Crippen LogP contribution >= 0.6 is 0 Å². The minimum atomic E-state index is -1.12. The molecule has 0 saturated carbocycles. The van der Waals surface area contributed by atoms with Gasteiger partial charge in [-0.15, -0.1) is 0 Å². The van der Waals surface area contributed by atoms with Crippen molar-refractivity contribution in [2.45, 2.75) is 18.2 Å². The summed E-state index contributed by atoms with van der Waals surface area (Å²) in [6.45, 7) is 1.49. The van der Waals surface area contributed by atoms with Crippen LogP contribution in [0.15, 0.2) is 67.3 Å². The van der Waals surface area contributed by atoms with Gasteiger partial charge in [0.2, 0.25) is 0 Å². The van der Waals surface area contributed by atoms with E-state index >= 15 is 0 Å². The van der Waals surface area contributed by atoms with Crippen LogP contribution in [0.4, 0.5) is 10.2 Å². The lowest BCUT2D eigenvalue weighted by Crippen LogP contribution is -2.28. The van der Waals surface area contributed by atoms with Gasteiger partial charge in [-0.3, -0.25) is 4.98 Å². The number of aliphatic hydroxyl groups excluding tert-OH is 1. The first-order chi connectivity index (χ1) is 15.6. The van der Waals surface area contributed by atoms with Crippen molar-refractivity contribution < 1.29 is 9.50 Å². The number of hydrogen-bond donors (Lipinski definition) is 4. The van der Waals surface area contributed by atoms with Crippen molar-refractivity contribution in [1.82, 2.24) is 20.3 Å². The number of aromatic nitrogens is 3. The summed E-state index contributed by atoms with van der Waals surface area (Å²) in [5.41, 5.74) is 9.18. The minimum absolute atomic E-state index is 0.0340. The highest BCUT2D eigenvalue weighted by Gasteiger charge is 2.30. The zero-order chi connectivity index (χ0) is 22.1. The van der Waals surface area contributed by atoms with Gasteiger partial charge in [0.05, 0.1) is 5.52 Å². The van der Waals surface area contributed by atoms with E-state index in [1.807, 2.05) is 30.3 Å². The minimum Gasteiger partial charge on any atom is -0.374 e. The van der Waals surface area contributed by atoms with Crippen molar-refractivity contribution in [3.63, 3.8) is 0 Å². The number of nitrogens with zero attached hydrogens (tertiary/aromatic N) is 3. The summed E-state index contributed by atoms with van der Waals surface area (Å²) in [5, 5.41) is 17.6. The third-order valence-corrected chi connectivity index (χ3v) is 5.94. The Morgan fingerprint density at radius 3 is 2.84 bits per heavy atom. The van der Waals surface area contributed by atoms with E-state index in [0.717, 1.165) is 29.6 Å². The zero-order valence-corrected chi connectivity index (χ0v) is 17.2. The van der Waals surface area contributed by atoms with Crippen LogP contribution < -0.4 is 16.4 Å². The third-order valence-electron chi connectivity index (χ3n) is 5.94. The molecule has 1 aliphatic heterocycles. The van der Waals surface area contributed by atoms with Crippen molar-refractivity contribution >= 4 is 16.7 Å². The van der Waals surface area contributed by atoms with Crippen molar-refractivity contribution in [2.24, 2.45) is 5.73 Å². The van der Waals surface area contributed by atoms with Gasteiger partial charge >= 0.3 is 0 Å². The highest BCUT2D eigenvalue weighted by atomic mass is 19.1. The summed E-state index contributed by atoms with van der Waals surface area (Å²) < 4.78 is 14.6. The van der Waals surface area contributed by atoms with Crippen LogP contribution in [0.25, 0.3) is 22.0 Å². The molecule has 0 aliphatic carbocycles. The summed E-state index contributed by atoms with van der Waals surface area (Å²) in [5.74, 6) is 0.511. The zero-order valence-electron chi connectivity index (χ0n) is 17.2. The maximum atomic E-state index is 14.6. The van der Waals surface area contributed by atoms with Crippen LogP contribution in [0, 0.1) is 5.82 Å². The molecule has 0 spiro atoms. The number of aliphatic hydroxyl groups is 1. The maximum Gasteiger partial charge on any atom is 0.137 e. The van der Waals surface area contributed by atoms with Crippen molar-refractivity contribution in [3.05, 3.63) is 84.2 Å². The summed E-state index contributed by atoms with van der Waals surface area (Å²) >= 11 is 0. The number of halogens is 1. The highest BCUT2D eigenvalue weighted by Crippen LogP contribution is 2.32. The topological polar surface area (TPSA) is 109 Å². The summed E-state index contributed by atoms with van der Waals surface area (Å²) in [6, 6.07) is 14.4. The maximum absolute atomic E-state index is 14.6. The molecule has 8 heteroatoms. The van der Waals surface area contributed by atoms with Gasteiger partial charge in [-0.2, -0.15) is 0 Å². The van der Waals surface area contributed by atoms with Crippen molar-refractivity contribution in [3.8, 4) is 11.1 Å². The molecule has 1 unspecified atom stereocenters. The number of pyridine rings is 1. The van der Waals surface area contributed by atoms with Crippen LogP contribution in [-0.4, -0.2) is 39.2 Å². The fraction of sp³-hybridized carbons (Fsp3) is 0.208. The summed E-state index contributed by atoms with van der Waals surface area (Å²) in [4.78, 5) is 12.9. The SMILES string of the molecule is NC(O)c1cccc2c(N[C@H]3CNC[C@@H]3c3ccc(F)c(-c4cccnc4)c3)ncnc12. The molecule has 4 aromatic rings. The van der Waals surface area contributed by atoms with E-state index < -0.39 is 6.23 Å². The van der Waals surface area contributed by atoms with E-state index in [4.69, 9.17) is 5.73 Å². The predicted octanol–water partition coefficient (Wildman–Crippen LogP) is 2.95. The fourth-order valence-corrected chi connectivity index (χ4v) is 4.34. The number of benzene rings is 2. The lowest BCUT2D eigenvalue weighted by atomic mass is 9.91. The lowest BCUT2D eigenvalue weighted by molar-refractivity contribution is 0.187. The van der Waals surface area contributed by atoms with E-state index in [-0.39, 0.29) is 17.8 Å². The quantitative estimate of drug-likeness (QED) is 0.361. The van der Waals surface area contributed by atoms with E-state index in [1.165, 1.54) is 12.4 Å². The first-order valence-electron chi connectivity index (χ1n) is 10.5. The molecule has 162 valence electrons. The van der Waals surface area contributed by atoms with Crippen LogP contribution in [0.5, 0.6) is 0 Å². The average molecular weight is 430 g/mol. The Morgan fingerprint density at radius 2 is 2.03 bits per heavy atom. The first kappa shape index (κ1) is 20.4. The molecule has 2 aromatic carbocycles. The Bertz CT molecular complexity index is 1250. The molecule has 3 heterocycles. The molecule has 5 rings (SSSR count). The number of nitrogens with two attached hydrogens (primary N) is 1. The molecule has 32 heavy (non-hydrogen) atoms. The first-order valence-corrected chi connectivity index (χ1v) is 10.5. The number of para-hydroxylation sites is 1. The largest absolute Gasteiger partial charge is 0.374 e. The number of anilines is 1. The Morgan fingerprint density at radius 1 is 1.12 bits per heavy atom. The van der Waals surface area contributed by atoms with Gasteiger partial charge in [-0.05, 0) is 29.8 Å². The van der Waals surface area contributed by atoms with Gasteiger partial charge in [0, 0.05) is 59.5 Å². The molecule has 5 N–H and O–H groups in total. The lowest BCUT2D eigenvalue weighted by Gasteiger charge is -2.22.